The van der Waals surface area contributed by atoms with Crippen LogP contribution in [-0.2, 0) is 4.74 Å². The van der Waals surface area contributed by atoms with Gasteiger partial charge in [0.05, 0.1) is 6.61 Å². The number of hydrogen-bond donors (Lipinski definition) is 1. The van der Waals surface area contributed by atoms with E-state index in [-0.39, 0.29) is 5.54 Å². The standard InChI is InChI=1S/C18H38N2O/c1-3-20(15-16-21-2)18(17-19)13-11-9-7-5-4-6-8-10-12-14-18/h3-17,19H2,1-2H3. The number of methoxy groups -OCH3 is 1. The fraction of sp³-hybridized carbons (Fsp3) is 1.00. The summed E-state index contributed by atoms with van der Waals surface area (Å²) in [6.45, 7) is 5.98. The fourth-order valence-electron chi connectivity index (χ4n) is 3.85. The van der Waals surface area contributed by atoms with E-state index < -0.39 is 0 Å². The van der Waals surface area contributed by atoms with Gasteiger partial charge in [-0.25, -0.2) is 0 Å². The van der Waals surface area contributed by atoms with Gasteiger partial charge >= 0.3 is 0 Å². The molecule has 0 aromatic rings. The van der Waals surface area contributed by atoms with Crippen LogP contribution in [0.1, 0.15) is 77.6 Å². The summed E-state index contributed by atoms with van der Waals surface area (Å²) in [5, 5.41) is 0. The van der Waals surface area contributed by atoms with Crippen molar-refractivity contribution >= 4 is 0 Å². The molecule has 2 N–H and O–H groups in total. The van der Waals surface area contributed by atoms with E-state index in [1.165, 1.54) is 70.6 Å². The van der Waals surface area contributed by atoms with Gasteiger partial charge in [0.1, 0.15) is 0 Å². The van der Waals surface area contributed by atoms with E-state index in [1.807, 2.05) is 0 Å². The molecule has 0 bridgehead atoms. The first kappa shape index (κ1) is 18.9. The quantitative estimate of drug-likeness (QED) is 0.806. The zero-order chi connectivity index (χ0) is 15.4. The lowest BCUT2D eigenvalue weighted by Crippen LogP contribution is -2.54. The highest BCUT2D eigenvalue weighted by molar-refractivity contribution is 4.91. The molecule has 0 heterocycles. The monoisotopic (exact) mass is 298 g/mol. The average Bonchev–Trinajstić information content (AvgIpc) is 2.50. The Balaban J connectivity index is 2.68. The highest BCUT2D eigenvalue weighted by atomic mass is 16.5. The maximum absolute atomic E-state index is 6.28. The molecule has 0 aromatic carbocycles. The third-order valence-corrected chi connectivity index (χ3v) is 5.28. The Kier molecular flexibility index (Phi) is 10.3. The van der Waals surface area contributed by atoms with Gasteiger partial charge in [0.25, 0.3) is 0 Å². The average molecular weight is 299 g/mol. The third-order valence-electron chi connectivity index (χ3n) is 5.28. The second kappa shape index (κ2) is 11.4. The first-order valence-electron chi connectivity index (χ1n) is 9.23. The molecule has 0 unspecified atom stereocenters. The van der Waals surface area contributed by atoms with E-state index in [2.05, 4.69) is 11.8 Å². The summed E-state index contributed by atoms with van der Waals surface area (Å²) < 4.78 is 5.31. The Hall–Kier alpha value is -0.120. The van der Waals surface area contributed by atoms with Crippen molar-refractivity contribution in [3.05, 3.63) is 0 Å². The fourth-order valence-corrected chi connectivity index (χ4v) is 3.85. The Morgan fingerprint density at radius 3 is 1.76 bits per heavy atom. The number of nitrogens with two attached hydrogens (primary N) is 1. The van der Waals surface area contributed by atoms with E-state index in [4.69, 9.17) is 10.5 Å². The van der Waals surface area contributed by atoms with Crippen LogP contribution in [0.5, 0.6) is 0 Å². The largest absolute Gasteiger partial charge is 0.383 e. The van der Waals surface area contributed by atoms with Crippen LogP contribution in [0.4, 0.5) is 0 Å². The third kappa shape index (κ3) is 6.66. The van der Waals surface area contributed by atoms with Gasteiger partial charge in [-0.3, -0.25) is 4.90 Å². The molecule has 0 atom stereocenters. The van der Waals surface area contributed by atoms with Gasteiger partial charge in [0.15, 0.2) is 0 Å². The number of likely N-dealkylation sites (N-methyl/N-ethyl adjacent to an activating group) is 1. The first-order chi connectivity index (χ1) is 10.3. The second-order valence-corrected chi connectivity index (χ2v) is 6.68. The maximum atomic E-state index is 6.28. The first-order valence-corrected chi connectivity index (χ1v) is 9.23. The summed E-state index contributed by atoms with van der Waals surface area (Å²) in [6.07, 6.45) is 15.1. The zero-order valence-corrected chi connectivity index (χ0v) is 14.5. The minimum Gasteiger partial charge on any atom is -0.383 e. The molecule has 0 spiro atoms. The summed E-state index contributed by atoms with van der Waals surface area (Å²) >= 11 is 0. The molecule has 126 valence electrons. The SMILES string of the molecule is CCN(CCOC)C1(CN)CCCCCCCCCCC1. The molecule has 0 aliphatic heterocycles. The van der Waals surface area contributed by atoms with E-state index in [0.29, 0.717) is 0 Å². The van der Waals surface area contributed by atoms with Crippen LogP contribution >= 0.6 is 0 Å². The van der Waals surface area contributed by atoms with Crippen LogP contribution in [0.25, 0.3) is 0 Å². The van der Waals surface area contributed by atoms with Crippen LogP contribution in [0.15, 0.2) is 0 Å². The van der Waals surface area contributed by atoms with E-state index in [9.17, 15) is 0 Å². The lowest BCUT2D eigenvalue weighted by molar-refractivity contribution is 0.0476. The molecule has 1 saturated carbocycles. The Bertz CT molecular complexity index is 233. The molecule has 1 aliphatic rings. The molecule has 3 nitrogen and oxygen atoms in total. The van der Waals surface area contributed by atoms with E-state index >= 15 is 0 Å². The van der Waals surface area contributed by atoms with Crippen LogP contribution in [0.2, 0.25) is 0 Å². The van der Waals surface area contributed by atoms with Crippen molar-refractivity contribution < 1.29 is 4.74 Å². The summed E-state index contributed by atoms with van der Waals surface area (Å²) in [5.74, 6) is 0. The Morgan fingerprint density at radius 2 is 1.38 bits per heavy atom. The van der Waals surface area contributed by atoms with Crippen LogP contribution in [0.3, 0.4) is 0 Å². The molecule has 1 aliphatic carbocycles. The molecule has 3 heteroatoms. The second-order valence-electron chi connectivity index (χ2n) is 6.68. The number of hydrogen-bond acceptors (Lipinski definition) is 3. The predicted octanol–water partition coefficient (Wildman–Crippen LogP) is 3.96. The Morgan fingerprint density at radius 1 is 0.905 bits per heavy atom. The van der Waals surface area contributed by atoms with Crippen molar-refractivity contribution in [1.29, 1.82) is 0 Å². The molecule has 0 aromatic heterocycles. The van der Waals surface area contributed by atoms with Crippen molar-refractivity contribution in [2.75, 3.05) is 33.4 Å². The molecule has 0 radical (unpaired) electrons. The maximum Gasteiger partial charge on any atom is 0.0589 e. The summed E-state index contributed by atoms with van der Waals surface area (Å²) in [7, 11) is 1.80. The summed E-state index contributed by atoms with van der Waals surface area (Å²) in [6, 6.07) is 0. The Labute approximate surface area is 132 Å². The van der Waals surface area contributed by atoms with Crippen LogP contribution in [-0.4, -0.2) is 43.8 Å². The van der Waals surface area contributed by atoms with Crippen LogP contribution < -0.4 is 5.73 Å². The lowest BCUT2D eigenvalue weighted by atomic mass is 9.83. The van der Waals surface area contributed by atoms with Gasteiger partial charge in [-0.15, -0.1) is 0 Å². The van der Waals surface area contributed by atoms with E-state index in [0.717, 1.165) is 26.2 Å². The highest BCUT2D eigenvalue weighted by Crippen LogP contribution is 2.29. The molecule has 0 saturated heterocycles. The molecule has 21 heavy (non-hydrogen) atoms. The normalized spacial score (nSPS) is 21.7. The van der Waals surface area contributed by atoms with Crippen molar-refractivity contribution in [3.63, 3.8) is 0 Å². The van der Waals surface area contributed by atoms with Crippen molar-refractivity contribution in [3.8, 4) is 0 Å². The molecular formula is C18H38N2O. The molecule has 1 fully saturated rings. The van der Waals surface area contributed by atoms with Crippen molar-refractivity contribution in [1.82, 2.24) is 4.90 Å². The van der Waals surface area contributed by atoms with Crippen molar-refractivity contribution in [2.24, 2.45) is 5.73 Å². The molecule has 1 rings (SSSR count). The highest BCUT2D eigenvalue weighted by Gasteiger charge is 2.33. The topological polar surface area (TPSA) is 38.5 Å². The minimum atomic E-state index is 0.215. The predicted molar refractivity (Wildman–Crippen MR) is 91.7 cm³/mol. The molecular weight excluding hydrogens is 260 g/mol. The van der Waals surface area contributed by atoms with Gasteiger partial charge < -0.3 is 10.5 Å². The lowest BCUT2D eigenvalue weighted by Gasteiger charge is -2.44. The number of ether oxygens (including phenoxy) is 1. The van der Waals surface area contributed by atoms with Gasteiger partial charge in [-0.2, -0.15) is 0 Å². The summed E-state index contributed by atoms with van der Waals surface area (Å²) in [4.78, 5) is 2.60. The minimum absolute atomic E-state index is 0.215. The van der Waals surface area contributed by atoms with Gasteiger partial charge in [0, 0.05) is 25.7 Å². The smallest absolute Gasteiger partial charge is 0.0589 e. The zero-order valence-electron chi connectivity index (χ0n) is 14.5. The van der Waals surface area contributed by atoms with Crippen molar-refractivity contribution in [2.45, 2.75) is 83.1 Å². The number of nitrogens with zero attached hydrogens (tertiary/aromatic N) is 1. The van der Waals surface area contributed by atoms with Crippen LogP contribution in [0, 0.1) is 0 Å². The van der Waals surface area contributed by atoms with Gasteiger partial charge in [-0.1, -0.05) is 64.7 Å². The summed E-state index contributed by atoms with van der Waals surface area (Å²) in [5.41, 5.74) is 6.50. The van der Waals surface area contributed by atoms with Gasteiger partial charge in [0.2, 0.25) is 0 Å². The van der Waals surface area contributed by atoms with Gasteiger partial charge in [-0.05, 0) is 19.4 Å². The van der Waals surface area contributed by atoms with E-state index in [1.54, 1.807) is 7.11 Å². The molecule has 0 amide bonds. The number of rotatable bonds is 6.